The molecule has 0 saturated carbocycles. The van der Waals surface area contributed by atoms with Crippen molar-refractivity contribution in [2.24, 2.45) is 0 Å². The predicted octanol–water partition coefficient (Wildman–Crippen LogP) is 13.0. The Hall–Kier alpha value is -5.84. The molecule has 10 heteroatoms. The summed E-state index contributed by atoms with van der Waals surface area (Å²) in [6.45, 7) is 7.30. The van der Waals surface area contributed by atoms with Crippen LogP contribution in [-0.4, -0.2) is 79.0 Å². The van der Waals surface area contributed by atoms with E-state index in [1.807, 2.05) is 24.3 Å². The van der Waals surface area contributed by atoms with Crippen molar-refractivity contribution in [3.05, 3.63) is 156 Å². The lowest BCUT2D eigenvalue weighted by molar-refractivity contribution is 0.0557. The topological polar surface area (TPSA) is 85.0 Å². The highest BCUT2D eigenvalue weighted by atomic mass is 35.5. The van der Waals surface area contributed by atoms with Crippen LogP contribution in [0.25, 0.3) is 64.6 Å². The van der Waals surface area contributed by atoms with E-state index in [1.165, 1.54) is 32.3 Å². The van der Waals surface area contributed by atoms with E-state index in [2.05, 4.69) is 143 Å². The minimum atomic E-state index is 0.539. The normalized spacial score (nSPS) is 11.7. The maximum atomic E-state index is 6.44. The molecule has 326 valence electrons. The molecule has 0 unspecified atom stereocenters. The van der Waals surface area contributed by atoms with Gasteiger partial charge in [0.05, 0.1) is 52.9 Å². The second-order valence-electron chi connectivity index (χ2n) is 15.7. The van der Waals surface area contributed by atoms with Crippen molar-refractivity contribution in [1.82, 2.24) is 0 Å². The van der Waals surface area contributed by atoms with Gasteiger partial charge in [-0.2, -0.15) is 0 Å². The van der Waals surface area contributed by atoms with Gasteiger partial charge in [0.2, 0.25) is 0 Å². The molecule has 0 aliphatic carbocycles. The molecule has 0 spiro atoms. The molecule has 4 N–H and O–H groups in total. The quantitative estimate of drug-likeness (QED) is 0.0396. The maximum absolute atomic E-state index is 6.44. The zero-order chi connectivity index (χ0) is 43.5. The third-order valence-corrected chi connectivity index (χ3v) is 12.2. The molecule has 0 aliphatic heterocycles. The Morgan fingerprint density at radius 1 is 0.281 bits per heavy atom. The lowest BCUT2D eigenvalue weighted by Gasteiger charge is -2.14. The summed E-state index contributed by atoms with van der Waals surface area (Å²) < 4.78 is 23.5. The van der Waals surface area contributed by atoms with Crippen LogP contribution in [0, 0.1) is 0 Å². The fourth-order valence-corrected chi connectivity index (χ4v) is 8.84. The van der Waals surface area contributed by atoms with Crippen molar-refractivity contribution in [1.29, 1.82) is 0 Å². The molecule has 0 atom stereocenters. The number of nitrogens with one attached hydrogen (secondary N) is 4. The molecule has 0 bridgehead atoms. The molecule has 64 heavy (non-hydrogen) atoms. The van der Waals surface area contributed by atoms with Crippen LogP contribution in [0.3, 0.4) is 0 Å². The van der Waals surface area contributed by atoms with E-state index in [-0.39, 0.29) is 0 Å². The van der Waals surface area contributed by atoms with Crippen LogP contribution in [0.4, 0.5) is 22.7 Å². The molecule has 8 nitrogen and oxygen atoms in total. The van der Waals surface area contributed by atoms with Gasteiger partial charge < -0.3 is 40.2 Å². The van der Waals surface area contributed by atoms with Crippen LogP contribution in [0.2, 0.25) is 10.0 Å². The minimum Gasteiger partial charge on any atom is -0.382 e. The van der Waals surface area contributed by atoms with E-state index < -0.39 is 0 Å². The summed E-state index contributed by atoms with van der Waals surface area (Å²) in [6, 6.07) is 50.6. The van der Waals surface area contributed by atoms with Crippen molar-refractivity contribution >= 4 is 111 Å². The average molecular weight is 892 g/mol. The van der Waals surface area contributed by atoms with E-state index in [9.17, 15) is 0 Å². The first-order valence-electron chi connectivity index (χ1n) is 22.0. The zero-order valence-electron chi connectivity index (χ0n) is 35.7. The molecule has 0 fully saturated rings. The molecule has 0 radical (unpaired) electrons. The van der Waals surface area contributed by atoms with E-state index in [4.69, 9.17) is 42.1 Å². The van der Waals surface area contributed by atoms with E-state index >= 15 is 0 Å². The fraction of sp³-hybridized carbons (Fsp3) is 0.222. The first-order valence-corrected chi connectivity index (χ1v) is 22.8. The molecule has 0 aromatic heterocycles. The van der Waals surface area contributed by atoms with Crippen LogP contribution in [0.1, 0.15) is 0 Å². The molecule has 0 heterocycles. The Balaban J connectivity index is 0.657. The monoisotopic (exact) mass is 890 g/mol. The number of hydrogen-bond donors (Lipinski definition) is 4. The minimum absolute atomic E-state index is 0.539. The van der Waals surface area contributed by atoms with Crippen molar-refractivity contribution in [2.45, 2.75) is 0 Å². The summed E-state index contributed by atoms with van der Waals surface area (Å²) in [5.74, 6) is 0. The van der Waals surface area contributed by atoms with E-state index in [0.29, 0.717) is 79.0 Å². The van der Waals surface area contributed by atoms with Crippen molar-refractivity contribution in [3.63, 3.8) is 0 Å². The molecular weight excluding hydrogens is 840 g/mol. The maximum Gasteiger partial charge on any atom is 0.0701 e. The van der Waals surface area contributed by atoms with E-state index in [0.717, 1.165) is 65.1 Å². The Morgan fingerprint density at radius 3 is 0.797 bits per heavy atom. The predicted molar refractivity (Wildman–Crippen MR) is 272 cm³/mol. The van der Waals surface area contributed by atoms with Crippen LogP contribution in [0.5, 0.6) is 0 Å². The number of rotatable bonds is 22. The van der Waals surface area contributed by atoms with Crippen molar-refractivity contribution < 1.29 is 18.9 Å². The number of ether oxygens (including phenoxy) is 4. The second kappa shape index (κ2) is 21.2. The van der Waals surface area contributed by atoms with E-state index in [1.54, 1.807) is 0 Å². The Kier molecular flexibility index (Phi) is 14.4. The summed E-state index contributed by atoms with van der Waals surface area (Å²) in [5, 5.41) is 29.5. The molecule has 0 saturated heterocycles. The number of anilines is 4. The lowest BCUT2D eigenvalue weighted by Crippen LogP contribution is -2.15. The van der Waals surface area contributed by atoms with Gasteiger partial charge in [0.15, 0.2) is 0 Å². The Labute approximate surface area is 383 Å². The van der Waals surface area contributed by atoms with Gasteiger partial charge in [0, 0.05) is 91.3 Å². The summed E-state index contributed by atoms with van der Waals surface area (Å²) in [6.07, 6.45) is 0. The van der Waals surface area contributed by atoms with Gasteiger partial charge >= 0.3 is 0 Å². The van der Waals surface area contributed by atoms with Gasteiger partial charge in [0.25, 0.3) is 0 Å². The van der Waals surface area contributed by atoms with Crippen LogP contribution < -0.4 is 21.3 Å². The van der Waals surface area contributed by atoms with Crippen molar-refractivity contribution in [2.75, 3.05) is 100 Å². The van der Waals surface area contributed by atoms with Gasteiger partial charge in [-0.1, -0.05) is 96.0 Å². The molecule has 9 rings (SSSR count). The molecule has 0 aliphatic rings. The number of benzene rings is 9. The van der Waals surface area contributed by atoms with Crippen LogP contribution in [-0.2, 0) is 18.9 Å². The Morgan fingerprint density at radius 2 is 0.516 bits per heavy atom. The smallest absolute Gasteiger partial charge is 0.0701 e. The van der Waals surface area contributed by atoms with Gasteiger partial charge in [-0.3, -0.25) is 0 Å². The fourth-order valence-electron chi connectivity index (χ4n) is 8.37. The Bertz CT molecular complexity index is 2830. The third-order valence-electron chi connectivity index (χ3n) is 11.5. The first kappa shape index (κ1) is 43.4. The number of fused-ring (bicyclic) bond motifs is 6. The number of halogens is 2. The largest absolute Gasteiger partial charge is 0.382 e. The highest BCUT2D eigenvalue weighted by Crippen LogP contribution is 2.34. The summed E-state index contributed by atoms with van der Waals surface area (Å²) in [7, 11) is 0. The highest BCUT2D eigenvalue weighted by Gasteiger charge is 2.09. The van der Waals surface area contributed by atoms with Crippen LogP contribution in [0.15, 0.2) is 146 Å². The summed E-state index contributed by atoms with van der Waals surface area (Å²) in [5.41, 5.74) is 4.35. The van der Waals surface area contributed by atoms with Gasteiger partial charge in [0.1, 0.15) is 0 Å². The van der Waals surface area contributed by atoms with Crippen LogP contribution >= 0.6 is 23.2 Å². The molecule has 0 amide bonds. The van der Waals surface area contributed by atoms with Crippen molar-refractivity contribution in [3.8, 4) is 0 Å². The third kappa shape index (κ3) is 10.4. The lowest BCUT2D eigenvalue weighted by atomic mass is 10.0. The molecular formula is C54H52Cl2N4O4. The zero-order valence-corrected chi connectivity index (χ0v) is 37.2. The summed E-state index contributed by atoms with van der Waals surface area (Å²) in [4.78, 5) is 0. The SMILES string of the molecule is Clc1cccc2cc3c(NCCOCCOCCNc4cccc5cc6c(NCCOCCOCCNc7cccc8cc9c(Cl)cccc9cc78)cccc6cc45)cccc3cc12. The second-order valence-corrected chi connectivity index (χ2v) is 16.6. The standard InChI is InChI=1S/C54H52Cl2N4O4/c55-49-13-1-7-37-33-45-39(31-43(37)49)9-3-15-51(45)57-19-23-61-27-29-63-25-21-59-53-17-5-11-41-36-48-42(35-47(41)53)12-6-18-54(48)60-22-26-64-30-28-62-24-20-58-52-16-4-10-40-32-44-38(34-46(40)52)8-2-14-50(44)56/h1-18,31-36,57-60H,19-30H2. The van der Waals surface area contributed by atoms with Gasteiger partial charge in [-0.25, -0.2) is 0 Å². The molecule has 9 aromatic rings. The van der Waals surface area contributed by atoms with Gasteiger partial charge in [-0.15, -0.1) is 0 Å². The van der Waals surface area contributed by atoms with Gasteiger partial charge in [-0.05, 0) is 105 Å². The first-order chi connectivity index (χ1) is 31.6. The number of hydrogen-bond acceptors (Lipinski definition) is 8. The molecule has 9 aromatic carbocycles. The highest BCUT2D eigenvalue weighted by molar-refractivity contribution is 6.36. The average Bonchev–Trinajstić information content (AvgIpc) is 3.31. The summed E-state index contributed by atoms with van der Waals surface area (Å²) >= 11 is 12.9.